The zero-order chi connectivity index (χ0) is 15.6. The van der Waals surface area contributed by atoms with Crippen molar-refractivity contribution in [2.24, 2.45) is 5.92 Å². The fraction of sp³-hybridized carbons (Fsp3) is 0.643. The number of aliphatic carboxylic acids is 1. The van der Waals surface area contributed by atoms with Gasteiger partial charge in [0.2, 0.25) is 10.0 Å². The highest BCUT2D eigenvalue weighted by atomic mass is 32.2. The molecule has 1 atom stereocenters. The third-order valence-corrected chi connectivity index (χ3v) is 6.95. The molecule has 1 aliphatic heterocycles. The minimum atomic E-state index is -3.45. The molecule has 0 aromatic carbocycles. The van der Waals surface area contributed by atoms with Gasteiger partial charge in [0, 0.05) is 29.3 Å². The van der Waals surface area contributed by atoms with Gasteiger partial charge in [0.25, 0.3) is 0 Å². The predicted molar refractivity (Wildman–Crippen MR) is 82.1 cm³/mol. The molecular formula is C14H21NO4S2. The number of hydrogen-bond acceptors (Lipinski definition) is 4. The summed E-state index contributed by atoms with van der Waals surface area (Å²) in [5.41, 5.74) is 0. The maximum atomic E-state index is 12.7. The second kappa shape index (κ2) is 6.46. The van der Waals surface area contributed by atoms with Gasteiger partial charge in [-0.3, -0.25) is 4.79 Å². The number of carboxylic acid groups (broad SMARTS) is 1. The average Bonchev–Trinajstić information content (AvgIpc) is 2.76. The summed E-state index contributed by atoms with van der Waals surface area (Å²) in [6.07, 6.45) is 2.35. The molecule has 21 heavy (non-hydrogen) atoms. The van der Waals surface area contributed by atoms with Crippen LogP contribution in [0.3, 0.4) is 0 Å². The number of piperidine rings is 1. The van der Waals surface area contributed by atoms with Crippen LogP contribution in [0.1, 0.15) is 35.4 Å². The van der Waals surface area contributed by atoms with Crippen molar-refractivity contribution in [3.8, 4) is 0 Å². The molecule has 1 aromatic rings. The molecule has 1 fully saturated rings. The highest BCUT2D eigenvalue weighted by Gasteiger charge is 2.32. The summed E-state index contributed by atoms with van der Waals surface area (Å²) in [5, 5.41) is 8.76. The Kier molecular flexibility index (Phi) is 5.06. The molecule has 1 unspecified atom stereocenters. The Morgan fingerprint density at radius 2 is 2.19 bits per heavy atom. The molecule has 118 valence electrons. The first-order chi connectivity index (χ1) is 9.80. The quantitative estimate of drug-likeness (QED) is 0.900. The van der Waals surface area contributed by atoms with E-state index in [-0.39, 0.29) is 12.3 Å². The number of thiophene rings is 1. The summed E-state index contributed by atoms with van der Waals surface area (Å²) in [7, 11) is -3.45. The summed E-state index contributed by atoms with van der Waals surface area (Å²) >= 11 is 1.49. The Bertz CT molecular complexity index is 621. The van der Waals surface area contributed by atoms with E-state index in [9.17, 15) is 13.2 Å². The second-order valence-corrected chi connectivity index (χ2v) is 8.95. The molecule has 0 bridgehead atoms. The minimum Gasteiger partial charge on any atom is -0.481 e. The van der Waals surface area contributed by atoms with Crippen molar-refractivity contribution in [1.82, 2.24) is 4.31 Å². The van der Waals surface area contributed by atoms with Gasteiger partial charge in [-0.2, -0.15) is 4.31 Å². The number of carboxylic acids is 1. The molecule has 1 N–H and O–H groups in total. The van der Waals surface area contributed by atoms with Crippen molar-refractivity contribution in [2.75, 3.05) is 13.1 Å². The highest BCUT2D eigenvalue weighted by molar-refractivity contribution is 7.89. The van der Waals surface area contributed by atoms with Crippen LogP contribution in [0.25, 0.3) is 0 Å². The molecule has 1 aliphatic rings. The Balaban J connectivity index is 2.13. The highest BCUT2D eigenvalue weighted by Crippen LogP contribution is 2.31. The summed E-state index contributed by atoms with van der Waals surface area (Å²) in [4.78, 5) is 12.9. The first kappa shape index (κ1) is 16.5. The average molecular weight is 331 g/mol. The lowest BCUT2D eigenvalue weighted by atomic mass is 9.95. The Morgan fingerprint density at radius 1 is 1.48 bits per heavy atom. The van der Waals surface area contributed by atoms with Gasteiger partial charge in [-0.25, -0.2) is 8.42 Å². The van der Waals surface area contributed by atoms with Crippen molar-refractivity contribution in [1.29, 1.82) is 0 Å². The van der Waals surface area contributed by atoms with Crippen molar-refractivity contribution in [2.45, 2.75) is 44.4 Å². The van der Waals surface area contributed by atoms with Crippen LogP contribution in [0.4, 0.5) is 0 Å². The molecule has 2 heterocycles. The standard InChI is InChI=1S/C14H21NO4S2/c1-10-8-13(11(2)20-10)21(18,19)15-7-3-4-12(9-15)5-6-14(16)17/h8,12H,3-7,9H2,1-2H3,(H,16,17). The lowest BCUT2D eigenvalue weighted by Gasteiger charge is -2.31. The van der Waals surface area contributed by atoms with E-state index in [0.29, 0.717) is 24.4 Å². The summed E-state index contributed by atoms with van der Waals surface area (Å²) in [6.45, 7) is 4.70. The van der Waals surface area contributed by atoms with Crippen LogP contribution < -0.4 is 0 Å². The maximum absolute atomic E-state index is 12.7. The van der Waals surface area contributed by atoms with Crippen LogP contribution in [0.5, 0.6) is 0 Å². The fourth-order valence-electron chi connectivity index (χ4n) is 2.81. The zero-order valence-corrected chi connectivity index (χ0v) is 14.0. The number of carbonyl (C=O) groups is 1. The van der Waals surface area contributed by atoms with E-state index < -0.39 is 16.0 Å². The lowest BCUT2D eigenvalue weighted by molar-refractivity contribution is -0.137. The lowest BCUT2D eigenvalue weighted by Crippen LogP contribution is -2.40. The minimum absolute atomic E-state index is 0.106. The van der Waals surface area contributed by atoms with Crippen LogP contribution in [0, 0.1) is 19.8 Å². The molecule has 1 aromatic heterocycles. The molecule has 5 nitrogen and oxygen atoms in total. The van der Waals surface area contributed by atoms with Crippen LogP contribution in [-0.2, 0) is 14.8 Å². The number of aryl methyl sites for hydroxylation is 2. The Hall–Kier alpha value is -0.920. The number of sulfonamides is 1. The van der Waals surface area contributed by atoms with E-state index in [1.165, 1.54) is 15.6 Å². The first-order valence-electron chi connectivity index (χ1n) is 7.09. The van der Waals surface area contributed by atoms with E-state index in [1.807, 2.05) is 13.8 Å². The smallest absolute Gasteiger partial charge is 0.303 e. The molecule has 2 rings (SSSR count). The molecule has 0 aliphatic carbocycles. The molecule has 0 saturated carbocycles. The van der Waals surface area contributed by atoms with Gasteiger partial charge in [0.15, 0.2) is 0 Å². The SMILES string of the molecule is Cc1cc(S(=O)(=O)N2CCCC(CCC(=O)O)C2)c(C)s1. The van der Waals surface area contributed by atoms with E-state index in [0.717, 1.165) is 22.6 Å². The van der Waals surface area contributed by atoms with Gasteiger partial charge in [-0.15, -0.1) is 11.3 Å². The summed E-state index contributed by atoms with van der Waals surface area (Å²) < 4.78 is 27.0. The topological polar surface area (TPSA) is 74.7 Å². The van der Waals surface area contributed by atoms with Crippen LogP contribution >= 0.6 is 11.3 Å². The van der Waals surface area contributed by atoms with Crippen LogP contribution in [0.15, 0.2) is 11.0 Å². The van der Waals surface area contributed by atoms with E-state index >= 15 is 0 Å². The van der Waals surface area contributed by atoms with Gasteiger partial charge in [-0.05, 0) is 45.1 Å². The van der Waals surface area contributed by atoms with Crippen molar-refractivity contribution in [3.63, 3.8) is 0 Å². The molecule has 1 saturated heterocycles. The van der Waals surface area contributed by atoms with E-state index in [1.54, 1.807) is 6.07 Å². The van der Waals surface area contributed by atoms with Gasteiger partial charge in [0.05, 0.1) is 4.90 Å². The summed E-state index contributed by atoms with van der Waals surface area (Å²) in [5.74, 6) is -0.677. The van der Waals surface area contributed by atoms with Crippen molar-refractivity contribution < 1.29 is 18.3 Å². The molecule has 0 radical (unpaired) electrons. The molecule has 0 spiro atoms. The van der Waals surface area contributed by atoms with E-state index in [2.05, 4.69) is 0 Å². The first-order valence-corrected chi connectivity index (χ1v) is 9.35. The number of hydrogen-bond donors (Lipinski definition) is 1. The predicted octanol–water partition coefficient (Wildman–Crippen LogP) is 2.63. The Labute approximate surface area is 129 Å². The largest absolute Gasteiger partial charge is 0.481 e. The van der Waals surface area contributed by atoms with Gasteiger partial charge < -0.3 is 5.11 Å². The third-order valence-electron chi connectivity index (χ3n) is 3.86. The zero-order valence-electron chi connectivity index (χ0n) is 12.3. The molecule has 0 amide bonds. The monoisotopic (exact) mass is 331 g/mol. The van der Waals surface area contributed by atoms with Gasteiger partial charge >= 0.3 is 5.97 Å². The Morgan fingerprint density at radius 3 is 2.76 bits per heavy atom. The fourth-order valence-corrected chi connectivity index (χ4v) is 5.89. The normalized spacial score (nSPS) is 20.6. The number of nitrogens with zero attached hydrogens (tertiary/aromatic N) is 1. The number of rotatable bonds is 5. The molecular weight excluding hydrogens is 310 g/mol. The third kappa shape index (κ3) is 3.84. The molecule has 7 heteroatoms. The van der Waals surface area contributed by atoms with Gasteiger partial charge in [0.1, 0.15) is 0 Å². The summed E-state index contributed by atoms with van der Waals surface area (Å²) in [6, 6.07) is 1.73. The van der Waals surface area contributed by atoms with Crippen LogP contribution in [-0.4, -0.2) is 36.9 Å². The second-order valence-electron chi connectivity index (χ2n) is 5.58. The van der Waals surface area contributed by atoms with Crippen molar-refractivity contribution in [3.05, 3.63) is 15.8 Å². The van der Waals surface area contributed by atoms with Crippen LogP contribution in [0.2, 0.25) is 0 Å². The van der Waals surface area contributed by atoms with Crippen molar-refractivity contribution >= 4 is 27.3 Å². The van der Waals surface area contributed by atoms with E-state index in [4.69, 9.17) is 5.11 Å². The van der Waals surface area contributed by atoms with Gasteiger partial charge in [-0.1, -0.05) is 0 Å². The maximum Gasteiger partial charge on any atom is 0.303 e.